The van der Waals surface area contributed by atoms with Crippen LogP contribution in [0, 0.1) is 0 Å². The second kappa shape index (κ2) is 2.62. The molecule has 2 N–H and O–H groups in total. The fraction of sp³-hybridized carbons (Fsp3) is 0.333. The molecule has 0 atom stereocenters. The van der Waals surface area contributed by atoms with Crippen molar-refractivity contribution in [3.8, 4) is 0 Å². The van der Waals surface area contributed by atoms with Crippen LogP contribution in [0.15, 0.2) is 17.3 Å². The van der Waals surface area contributed by atoms with Gasteiger partial charge in [0.1, 0.15) is 0 Å². The third-order valence-corrected chi connectivity index (χ3v) is 1.21. The standard InChI is InChI=1S/C6H9N3O/c1-9-3-5(2-7)6(10)8-4-9/h3-4H,2,7H2,1H3. The Hall–Kier alpha value is -1.16. The molecular formula is C6H9N3O. The Morgan fingerprint density at radius 2 is 2.50 bits per heavy atom. The zero-order chi connectivity index (χ0) is 7.56. The van der Waals surface area contributed by atoms with Crippen molar-refractivity contribution in [2.24, 2.45) is 12.8 Å². The summed E-state index contributed by atoms with van der Waals surface area (Å²) in [5.41, 5.74) is 5.58. The molecule has 0 aliphatic heterocycles. The molecule has 0 unspecified atom stereocenters. The molecule has 0 aliphatic carbocycles. The van der Waals surface area contributed by atoms with Crippen molar-refractivity contribution < 1.29 is 0 Å². The lowest BCUT2D eigenvalue weighted by Crippen LogP contribution is -2.17. The third kappa shape index (κ3) is 1.22. The average molecular weight is 139 g/mol. The number of nitrogens with zero attached hydrogens (tertiary/aromatic N) is 2. The molecule has 1 aromatic rings. The molecule has 4 nitrogen and oxygen atoms in total. The molecule has 0 amide bonds. The fourth-order valence-electron chi connectivity index (χ4n) is 0.701. The Morgan fingerprint density at radius 3 is 3.00 bits per heavy atom. The first-order valence-electron chi connectivity index (χ1n) is 2.95. The molecule has 0 fully saturated rings. The SMILES string of the molecule is Cn1cnc(=O)c(CN)c1. The fourth-order valence-corrected chi connectivity index (χ4v) is 0.701. The zero-order valence-electron chi connectivity index (χ0n) is 5.74. The second-order valence-electron chi connectivity index (χ2n) is 2.07. The Labute approximate surface area is 58.3 Å². The Morgan fingerprint density at radius 1 is 1.80 bits per heavy atom. The third-order valence-electron chi connectivity index (χ3n) is 1.21. The van der Waals surface area contributed by atoms with E-state index in [1.165, 1.54) is 6.33 Å². The van der Waals surface area contributed by atoms with E-state index in [2.05, 4.69) is 4.98 Å². The number of aryl methyl sites for hydroxylation is 1. The highest BCUT2D eigenvalue weighted by molar-refractivity contribution is 5.02. The van der Waals surface area contributed by atoms with Crippen LogP contribution in [0.5, 0.6) is 0 Å². The lowest BCUT2D eigenvalue weighted by Gasteiger charge is -1.97. The number of rotatable bonds is 1. The van der Waals surface area contributed by atoms with Crippen LogP contribution in [0.3, 0.4) is 0 Å². The summed E-state index contributed by atoms with van der Waals surface area (Å²) in [6.45, 7) is 0.251. The summed E-state index contributed by atoms with van der Waals surface area (Å²) in [6.07, 6.45) is 3.14. The molecule has 0 saturated carbocycles. The molecule has 1 rings (SSSR count). The van der Waals surface area contributed by atoms with Gasteiger partial charge in [-0.2, -0.15) is 4.98 Å². The summed E-state index contributed by atoms with van der Waals surface area (Å²) in [4.78, 5) is 14.4. The normalized spacial score (nSPS) is 9.80. The van der Waals surface area contributed by atoms with Crippen molar-refractivity contribution in [3.63, 3.8) is 0 Å². The summed E-state index contributed by atoms with van der Waals surface area (Å²) >= 11 is 0. The van der Waals surface area contributed by atoms with Crippen LogP contribution < -0.4 is 11.3 Å². The maximum atomic E-state index is 10.8. The number of hydrogen-bond donors (Lipinski definition) is 1. The first kappa shape index (κ1) is 6.95. The minimum Gasteiger partial charge on any atom is -0.341 e. The van der Waals surface area contributed by atoms with Crippen molar-refractivity contribution in [2.75, 3.05) is 0 Å². The van der Waals surface area contributed by atoms with Crippen LogP contribution in [0.2, 0.25) is 0 Å². The van der Waals surface area contributed by atoms with Gasteiger partial charge in [0.15, 0.2) is 0 Å². The monoisotopic (exact) mass is 139 g/mol. The van der Waals surface area contributed by atoms with Gasteiger partial charge in [-0.05, 0) is 0 Å². The van der Waals surface area contributed by atoms with E-state index in [4.69, 9.17) is 5.73 Å². The van der Waals surface area contributed by atoms with E-state index >= 15 is 0 Å². The van der Waals surface area contributed by atoms with Crippen LogP contribution in [0.4, 0.5) is 0 Å². The van der Waals surface area contributed by atoms with Gasteiger partial charge < -0.3 is 10.3 Å². The van der Waals surface area contributed by atoms with E-state index in [0.717, 1.165) is 0 Å². The average Bonchev–Trinajstić information content (AvgIpc) is 1.94. The highest BCUT2D eigenvalue weighted by Crippen LogP contribution is 1.84. The molecule has 10 heavy (non-hydrogen) atoms. The minimum atomic E-state index is -0.236. The molecule has 1 aromatic heterocycles. The van der Waals surface area contributed by atoms with Crippen molar-refractivity contribution in [3.05, 3.63) is 28.4 Å². The van der Waals surface area contributed by atoms with Gasteiger partial charge in [0.2, 0.25) is 0 Å². The van der Waals surface area contributed by atoms with Crippen LogP contribution in [-0.2, 0) is 13.6 Å². The van der Waals surface area contributed by atoms with Crippen LogP contribution in [0.25, 0.3) is 0 Å². The van der Waals surface area contributed by atoms with E-state index in [9.17, 15) is 4.79 Å². The summed E-state index contributed by atoms with van der Waals surface area (Å²) in [5.74, 6) is 0. The number of hydrogen-bond acceptors (Lipinski definition) is 3. The van der Waals surface area contributed by atoms with Crippen molar-refractivity contribution in [1.82, 2.24) is 9.55 Å². The van der Waals surface area contributed by atoms with Gasteiger partial charge in [-0.1, -0.05) is 0 Å². The van der Waals surface area contributed by atoms with Gasteiger partial charge in [-0.15, -0.1) is 0 Å². The lowest BCUT2D eigenvalue weighted by molar-refractivity contribution is 0.820. The van der Waals surface area contributed by atoms with Gasteiger partial charge in [-0.3, -0.25) is 4.79 Å². The Bertz CT molecular complexity index is 279. The van der Waals surface area contributed by atoms with Crippen molar-refractivity contribution in [2.45, 2.75) is 6.54 Å². The molecule has 0 radical (unpaired) electrons. The molecule has 0 spiro atoms. The van der Waals surface area contributed by atoms with E-state index in [1.54, 1.807) is 17.8 Å². The van der Waals surface area contributed by atoms with Crippen LogP contribution in [-0.4, -0.2) is 9.55 Å². The first-order valence-corrected chi connectivity index (χ1v) is 2.95. The molecule has 54 valence electrons. The Balaban J connectivity index is 3.22. The Kier molecular flexibility index (Phi) is 1.82. The van der Waals surface area contributed by atoms with Crippen LogP contribution in [0.1, 0.15) is 5.56 Å². The highest BCUT2D eigenvalue weighted by atomic mass is 16.1. The molecular weight excluding hydrogens is 130 g/mol. The van der Waals surface area contributed by atoms with Crippen LogP contribution >= 0.6 is 0 Å². The molecule has 4 heteroatoms. The smallest absolute Gasteiger partial charge is 0.277 e. The predicted octanol–water partition coefficient (Wildman–Crippen LogP) is -0.761. The van der Waals surface area contributed by atoms with Gasteiger partial charge >= 0.3 is 0 Å². The lowest BCUT2D eigenvalue weighted by atomic mass is 10.3. The van der Waals surface area contributed by atoms with E-state index in [-0.39, 0.29) is 12.1 Å². The highest BCUT2D eigenvalue weighted by Gasteiger charge is 1.94. The number of aromatic nitrogens is 2. The van der Waals surface area contributed by atoms with Gasteiger partial charge in [0.05, 0.1) is 6.33 Å². The van der Waals surface area contributed by atoms with E-state index in [1.807, 2.05) is 0 Å². The number of nitrogens with two attached hydrogens (primary N) is 1. The molecule has 0 bridgehead atoms. The molecule has 0 saturated heterocycles. The summed E-state index contributed by atoms with van der Waals surface area (Å²) in [7, 11) is 1.80. The van der Waals surface area contributed by atoms with E-state index < -0.39 is 0 Å². The van der Waals surface area contributed by atoms with Crippen molar-refractivity contribution >= 4 is 0 Å². The zero-order valence-corrected chi connectivity index (χ0v) is 5.74. The molecule has 0 aliphatic rings. The maximum Gasteiger partial charge on any atom is 0.277 e. The van der Waals surface area contributed by atoms with Gasteiger partial charge in [-0.25, -0.2) is 0 Å². The maximum absolute atomic E-state index is 10.8. The summed E-state index contributed by atoms with van der Waals surface area (Å²) in [5, 5.41) is 0. The van der Waals surface area contributed by atoms with Crippen molar-refractivity contribution in [1.29, 1.82) is 0 Å². The minimum absolute atomic E-state index is 0.236. The predicted molar refractivity (Wildman–Crippen MR) is 37.4 cm³/mol. The largest absolute Gasteiger partial charge is 0.341 e. The quantitative estimate of drug-likeness (QED) is 0.556. The van der Waals surface area contributed by atoms with E-state index in [0.29, 0.717) is 5.56 Å². The molecule has 0 aromatic carbocycles. The first-order chi connectivity index (χ1) is 4.74. The second-order valence-corrected chi connectivity index (χ2v) is 2.07. The summed E-state index contributed by atoms with van der Waals surface area (Å²) < 4.78 is 1.70. The molecule has 1 heterocycles. The van der Waals surface area contributed by atoms with Gasteiger partial charge in [0.25, 0.3) is 5.56 Å². The van der Waals surface area contributed by atoms with Gasteiger partial charge in [0, 0.05) is 25.4 Å². The summed E-state index contributed by atoms with van der Waals surface area (Å²) in [6, 6.07) is 0. The topological polar surface area (TPSA) is 60.9 Å².